The van der Waals surface area contributed by atoms with Crippen LogP contribution in [0.2, 0.25) is 0 Å². The highest BCUT2D eigenvalue weighted by Gasteiger charge is 2.31. The summed E-state index contributed by atoms with van der Waals surface area (Å²) in [5.74, 6) is -0.385. The average molecular weight is 213 g/mol. The number of unbranched alkanes of at least 4 members (excludes halogenated alkanes) is 1. The van der Waals surface area contributed by atoms with E-state index in [1.807, 2.05) is 6.92 Å². The molecule has 0 radical (unpaired) electrons. The van der Waals surface area contributed by atoms with Crippen molar-refractivity contribution in [3.63, 3.8) is 0 Å². The fourth-order valence-corrected chi connectivity index (χ4v) is 1.78. The number of carbonyl (C=O) groups excluding carboxylic acids is 2. The summed E-state index contributed by atoms with van der Waals surface area (Å²) in [5, 5.41) is 2.40. The van der Waals surface area contributed by atoms with Gasteiger partial charge in [-0.25, -0.2) is 0 Å². The first-order chi connectivity index (χ1) is 6.96. The van der Waals surface area contributed by atoms with Crippen molar-refractivity contribution >= 4 is 11.8 Å². The van der Waals surface area contributed by atoms with Crippen LogP contribution in [0.1, 0.15) is 59.8 Å². The van der Waals surface area contributed by atoms with Gasteiger partial charge in [-0.05, 0) is 12.8 Å². The van der Waals surface area contributed by atoms with E-state index in [-0.39, 0.29) is 17.2 Å². The average Bonchev–Trinajstić information content (AvgIpc) is 2.14. The summed E-state index contributed by atoms with van der Waals surface area (Å²) in [7, 11) is 0. The Morgan fingerprint density at radius 1 is 1.13 bits per heavy atom. The van der Waals surface area contributed by atoms with Gasteiger partial charge in [0, 0.05) is 12.3 Å². The second-order valence-corrected chi connectivity index (χ2v) is 4.42. The van der Waals surface area contributed by atoms with Crippen molar-refractivity contribution in [2.45, 2.75) is 59.8 Å². The molecule has 0 fully saturated rings. The minimum atomic E-state index is -0.379. The fraction of sp³-hybridized carbons (Fsp3) is 0.833. The lowest BCUT2D eigenvalue weighted by Crippen LogP contribution is -2.41. The van der Waals surface area contributed by atoms with Crippen LogP contribution < -0.4 is 5.32 Å². The van der Waals surface area contributed by atoms with Crippen LogP contribution in [-0.4, -0.2) is 11.8 Å². The van der Waals surface area contributed by atoms with E-state index in [2.05, 4.69) is 19.2 Å². The van der Waals surface area contributed by atoms with Gasteiger partial charge in [0.15, 0.2) is 0 Å². The number of carbonyl (C=O) groups is 2. The minimum absolute atomic E-state index is 0.120. The summed E-state index contributed by atoms with van der Waals surface area (Å²) in [6.45, 7) is 7.50. The van der Waals surface area contributed by atoms with Crippen LogP contribution in [-0.2, 0) is 9.59 Å². The largest absolute Gasteiger partial charge is 0.296 e. The molecule has 0 aromatic heterocycles. The molecule has 0 heterocycles. The number of amides is 2. The van der Waals surface area contributed by atoms with Gasteiger partial charge in [-0.2, -0.15) is 0 Å². The third-order valence-corrected chi connectivity index (χ3v) is 2.72. The fourth-order valence-electron chi connectivity index (χ4n) is 1.78. The predicted octanol–water partition coefficient (Wildman–Crippen LogP) is 2.65. The molecule has 0 aliphatic rings. The summed E-state index contributed by atoms with van der Waals surface area (Å²) in [6.07, 6.45) is 4.77. The van der Waals surface area contributed by atoms with Crippen molar-refractivity contribution in [3.8, 4) is 0 Å². The second-order valence-electron chi connectivity index (χ2n) is 4.42. The van der Waals surface area contributed by atoms with Crippen molar-refractivity contribution < 1.29 is 9.59 Å². The van der Waals surface area contributed by atoms with E-state index in [1.165, 1.54) is 6.92 Å². The maximum Gasteiger partial charge on any atom is 0.232 e. The van der Waals surface area contributed by atoms with E-state index in [0.717, 1.165) is 32.1 Å². The third-order valence-electron chi connectivity index (χ3n) is 2.72. The lowest BCUT2D eigenvalue weighted by molar-refractivity contribution is -0.136. The van der Waals surface area contributed by atoms with Gasteiger partial charge in [-0.15, -0.1) is 0 Å². The van der Waals surface area contributed by atoms with Gasteiger partial charge in [-0.1, -0.05) is 40.0 Å². The Kier molecular flexibility index (Phi) is 6.21. The van der Waals surface area contributed by atoms with Crippen molar-refractivity contribution in [1.29, 1.82) is 0 Å². The molecular formula is C12H23NO2. The molecular weight excluding hydrogens is 190 g/mol. The molecule has 0 saturated carbocycles. The molecule has 0 bridgehead atoms. The van der Waals surface area contributed by atoms with Crippen LogP contribution >= 0.6 is 0 Å². The maximum absolute atomic E-state index is 11.8. The molecule has 15 heavy (non-hydrogen) atoms. The quantitative estimate of drug-likeness (QED) is 0.737. The monoisotopic (exact) mass is 213 g/mol. The first kappa shape index (κ1) is 14.1. The Morgan fingerprint density at radius 3 is 2.13 bits per heavy atom. The summed E-state index contributed by atoms with van der Waals surface area (Å²) >= 11 is 0. The van der Waals surface area contributed by atoms with Crippen LogP contribution in [0.15, 0.2) is 0 Å². The summed E-state index contributed by atoms with van der Waals surface area (Å²) in [5.41, 5.74) is -0.379. The number of imide groups is 1. The molecule has 0 unspecified atom stereocenters. The molecule has 0 saturated heterocycles. The number of rotatable bonds is 6. The maximum atomic E-state index is 11.8. The van der Waals surface area contributed by atoms with Gasteiger partial charge in [0.2, 0.25) is 11.8 Å². The van der Waals surface area contributed by atoms with E-state index in [9.17, 15) is 9.59 Å². The normalized spacial score (nSPS) is 14.4. The molecule has 2 amide bonds. The van der Waals surface area contributed by atoms with Crippen molar-refractivity contribution in [1.82, 2.24) is 5.32 Å². The topological polar surface area (TPSA) is 46.2 Å². The van der Waals surface area contributed by atoms with E-state index in [4.69, 9.17) is 0 Å². The third kappa shape index (κ3) is 4.96. The van der Waals surface area contributed by atoms with E-state index in [1.54, 1.807) is 0 Å². The SMILES string of the molecule is CCCC[C@](C)(CCC)C(=O)NC(C)=O. The lowest BCUT2D eigenvalue weighted by Gasteiger charge is -2.27. The highest BCUT2D eigenvalue weighted by Crippen LogP contribution is 2.30. The molecule has 0 aromatic rings. The summed E-state index contributed by atoms with van der Waals surface area (Å²) in [4.78, 5) is 22.7. The van der Waals surface area contributed by atoms with Gasteiger partial charge < -0.3 is 0 Å². The standard InChI is InChI=1S/C12H23NO2/c1-5-7-9-12(4,8-6-2)11(15)13-10(3)14/h5-9H2,1-4H3,(H,13,14,15)/t12-/m0/s1. The number of hydrogen-bond acceptors (Lipinski definition) is 2. The van der Waals surface area contributed by atoms with Gasteiger partial charge in [0.25, 0.3) is 0 Å². The first-order valence-electron chi connectivity index (χ1n) is 5.78. The molecule has 1 atom stereocenters. The van der Waals surface area contributed by atoms with Gasteiger partial charge in [0.05, 0.1) is 0 Å². The minimum Gasteiger partial charge on any atom is -0.296 e. The predicted molar refractivity (Wildman–Crippen MR) is 61.4 cm³/mol. The first-order valence-corrected chi connectivity index (χ1v) is 5.78. The second kappa shape index (κ2) is 6.59. The van der Waals surface area contributed by atoms with E-state index >= 15 is 0 Å². The lowest BCUT2D eigenvalue weighted by atomic mass is 9.80. The Balaban J connectivity index is 4.45. The molecule has 0 aliphatic heterocycles. The molecule has 0 rings (SSSR count). The van der Waals surface area contributed by atoms with Crippen molar-refractivity contribution in [3.05, 3.63) is 0 Å². The van der Waals surface area contributed by atoms with Gasteiger partial charge >= 0.3 is 0 Å². The molecule has 0 spiro atoms. The molecule has 0 aliphatic carbocycles. The van der Waals surface area contributed by atoms with Crippen molar-refractivity contribution in [2.75, 3.05) is 0 Å². The van der Waals surface area contributed by atoms with Crippen LogP contribution in [0.25, 0.3) is 0 Å². The zero-order valence-corrected chi connectivity index (χ0v) is 10.4. The molecule has 3 nitrogen and oxygen atoms in total. The zero-order valence-electron chi connectivity index (χ0n) is 10.4. The summed E-state index contributed by atoms with van der Waals surface area (Å²) in [6, 6.07) is 0. The Bertz CT molecular complexity index is 226. The number of hydrogen-bond donors (Lipinski definition) is 1. The van der Waals surface area contributed by atoms with Gasteiger partial charge in [0.1, 0.15) is 0 Å². The smallest absolute Gasteiger partial charge is 0.232 e. The summed E-state index contributed by atoms with van der Waals surface area (Å²) < 4.78 is 0. The van der Waals surface area contributed by atoms with Crippen LogP contribution in [0.3, 0.4) is 0 Å². The molecule has 3 heteroatoms. The molecule has 88 valence electrons. The van der Waals surface area contributed by atoms with Crippen LogP contribution in [0.5, 0.6) is 0 Å². The van der Waals surface area contributed by atoms with E-state index < -0.39 is 0 Å². The Hall–Kier alpha value is -0.860. The van der Waals surface area contributed by atoms with E-state index in [0.29, 0.717) is 0 Å². The van der Waals surface area contributed by atoms with Crippen molar-refractivity contribution in [2.24, 2.45) is 5.41 Å². The Labute approximate surface area is 92.6 Å². The highest BCUT2D eigenvalue weighted by molar-refractivity contribution is 5.96. The number of nitrogens with one attached hydrogen (secondary N) is 1. The Morgan fingerprint density at radius 2 is 1.73 bits per heavy atom. The van der Waals surface area contributed by atoms with Crippen LogP contribution in [0, 0.1) is 5.41 Å². The zero-order chi connectivity index (χ0) is 11.9. The highest BCUT2D eigenvalue weighted by atomic mass is 16.2. The van der Waals surface area contributed by atoms with Gasteiger partial charge in [-0.3, -0.25) is 14.9 Å². The molecule has 0 aromatic carbocycles. The van der Waals surface area contributed by atoms with Crippen LogP contribution in [0.4, 0.5) is 0 Å². The molecule has 1 N–H and O–H groups in total.